The normalized spacial score (nSPS) is 11.1. The maximum atomic E-state index is 4.42. The quantitative estimate of drug-likeness (QED) is 0.660. The molecule has 1 heterocycles. The predicted molar refractivity (Wildman–Crippen MR) is 60.6 cm³/mol. The van der Waals surface area contributed by atoms with E-state index in [1.54, 1.807) is 0 Å². The summed E-state index contributed by atoms with van der Waals surface area (Å²) >= 11 is 0. The average molecular weight is 185 g/mol. The number of benzene rings is 1. The summed E-state index contributed by atoms with van der Waals surface area (Å²) in [5.41, 5.74) is 3.78. The van der Waals surface area contributed by atoms with Crippen LogP contribution in [0.15, 0.2) is 30.5 Å². The summed E-state index contributed by atoms with van der Waals surface area (Å²) in [6, 6.07) is 8.53. The molecular weight excluding hydrogens is 170 g/mol. The van der Waals surface area contributed by atoms with Gasteiger partial charge in [0.15, 0.2) is 0 Å². The van der Waals surface area contributed by atoms with E-state index >= 15 is 0 Å². The summed E-state index contributed by atoms with van der Waals surface area (Å²) in [7, 11) is 0. The van der Waals surface area contributed by atoms with Crippen LogP contribution in [-0.2, 0) is 0 Å². The Bertz CT molecular complexity index is 458. The van der Waals surface area contributed by atoms with Crippen molar-refractivity contribution >= 4 is 10.9 Å². The standard InChI is InChI=1S/C13H15N/c1-9(2)11-7-6-10(3)13-12(11)5-4-8-14-13/h4-9H,1-3H3. The number of aryl methyl sites for hydroxylation is 1. The molecule has 0 fully saturated rings. The summed E-state index contributed by atoms with van der Waals surface area (Å²) in [5, 5.41) is 1.29. The van der Waals surface area contributed by atoms with E-state index in [4.69, 9.17) is 0 Å². The molecule has 0 aliphatic rings. The van der Waals surface area contributed by atoms with Crippen LogP contribution in [0.2, 0.25) is 0 Å². The zero-order chi connectivity index (χ0) is 10.1. The van der Waals surface area contributed by atoms with E-state index in [9.17, 15) is 0 Å². The van der Waals surface area contributed by atoms with E-state index in [1.165, 1.54) is 16.5 Å². The van der Waals surface area contributed by atoms with Gasteiger partial charge in [0.05, 0.1) is 5.52 Å². The summed E-state index contributed by atoms with van der Waals surface area (Å²) < 4.78 is 0. The topological polar surface area (TPSA) is 12.9 Å². The van der Waals surface area contributed by atoms with Crippen molar-refractivity contribution in [1.82, 2.24) is 4.98 Å². The molecule has 72 valence electrons. The summed E-state index contributed by atoms with van der Waals surface area (Å²) in [5.74, 6) is 0.558. The van der Waals surface area contributed by atoms with Crippen molar-refractivity contribution in [3.05, 3.63) is 41.6 Å². The van der Waals surface area contributed by atoms with Gasteiger partial charge in [-0.15, -0.1) is 0 Å². The minimum absolute atomic E-state index is 0.558. The van der Waals surface area contributed by atoms with Crippen LogP contribution in [-0.4, -0.2) is 4.98 Å². The lowest BCUT2D eigenvalue weighted by atomic mass is 9.96. The SMILES string of the molecule is Cc1ccc(C(C)C)c2cccnc12. The van der Waals surface area contributed by atoms with Crippen molar-refractivity contribution < 1.29 is 0 Å². The van der Waals surface area contributed by atoms with Gasteiger partial charge in [0.1, 0.15) is 0 Å². The Hall–Kier alpha value is -1.37. The van der Waals surface area contributed by atoms with Crippen LogP contribution < -0.4 is 0 Å². The van der Waals surface area contributed by atoms with Crippen molar-refractivity contribution in [2.45, 2.75) is 26.7 Å². The van der Waals surface area contributed by atoms with Gasteiger partial charge in [-0.3, -0.25) is 4.98 Å². The first-order chi connectivity index (χ1) is 6.70. The molecule has 0 aliphatic heterocycles. The van der Waals surface area contributed by atoms with Crippen LogP contribution in [0.1, 0.15) is 30.9 Å². The van der Waals surface area contributed by atoms with E-state index in [-0.39, 0.29) is 0 Å². The van der Waals surface area contributed by atoms with Gasteiger partial charge in [-0.1, -0.05) is 32.0 Å². The monoisotopic (exact) mass is 185 g/mol. The van der Waals surface area contributed by atoms with Crippen LogP contribution in [0.25, 0.3) is 10.9 Å². The Labute approximate surface area is 84.8 Å². The highest BCUT2D eigenvalue weighted by molar-refractivity contribution is 5.85. The number of fused-ring (bicyclic) bond motifs is 1. The highest BCUT2D eigenvalue weighted by atomic mass is 14.6. The Kier molecular flexibility index (Phi) is 2.24. The first-order valence-corrected chi connectivity index (χ1v) is 5.04. The minimum Gasteiger partial charge on any atom is -0.256 e. The highest BCUT2D eigenvalue weighted by Crippen LogP contribution is 2.25. The number of hydrogen-bond acceptors (Lipinski definition) is 1. The van der Waals surface area contributed by atoms with Gasteiger partial charge >= 0.3 is 0 Å². The van der Waals surface area contributed by atoms with Gasteiger partial charge in [0.2, 0.25) is 0 Å². The molecule has 0 saturated carbocycles. The molecule has 1 nitrogen and oxygen atoms in total. The van der Waals surface area contributed by atoms with Crippen molar-refractivity contribution in [2.24, 2.45) is 0 Å². The Morgan fingerprint density at radius 3 is 2.64 bits per heavy atom. The number of nitrogens with zero attached hydrogens (tertiary/aromatic N) is 1. The summed E-state index contributed by atoms with van der Waals surface area (Å²) in [6.07, 6.45) is 1.86. The van der Waals surface area contributed by atoms with Gasteiger partial charge in [0.25, 0.3) is 0 Å². The fourth-order valence-corrected chi connectivity index (χ4v) is 1.84. The van der Waals surface area contributed by atoms with Crippen molar-refractivity contribution in [3.8, 4) is 0 Å². The Morgan fingerprint density at radius 1 is 1.14 bits per heavy atom. The number of aromatic nitrogens is 1. The fourth-order valence-electron chi connectivity index (χ4n) is 1.84. The number of pyridine rings is 1. The van der Waals surface area contributed by atoms with E-state index < -0.39 is 0 Å². The molecule has 0 saturated heterocycles. The Balaban J connectivity index is 2.82. The summed E-state index contributed by atoms with van der Waals surface area (Å²) in [4.78, 5) is 4.42. The van der Waals surface area contributed by atoms with E-state index in [0.29, 0.717) is 5.92 Å². The van der Waals surface area contributed by atoms with Gasteiger partial charge in [-0.25, -0.2) is 0 Å². The molecule has 0 atom stereocenters. The average Bonchev–Trinajstić information content (AvgIpc) is 2.18. The lowest BCUT2D eigenvalue weighted by Crippen LogP contribution is -1.92. The summed E-state index contributed by atoms with van der Waals surface area (Å²) in [6.45, 7) is 6.55. The van der Waals surface area contributed by atoms with E-state index in [1.807, 2.05) is 12.3 Å². The molecule has 0 radical (unpaired) electrons. The van der Waals surface area contributed by atoms with Crippen molar-refractivity contribution in [1.29, 1.82) is 0 Å². The second-order valence-electron chi connectivity index (χ2n) is 4.03. The smallest absolute Gasteiger partial charge is 0.0733 e. The van der Waals surface area contributed by atoms with Gasteiger partial charge in [-0.2, -0.15) is 0 Å². The molecule has 0 aliphatic carbocycles. The van der Waals surface area contributed by atoms with Gasteiger partial charge < -0.3 is 0 Å². The van der Waals surface area contributed by atoms with Crippen LogP contribution in [0.5, 0.6) is 0 Å². The van der Waals surface area contributed by atoms with E-state index in [2.05, 4.69) is 44.0 Å². The Morgan fingerprint density at radius 2 is 1.93 bits per heavy atom. The third-order valence-electron chi connectivity index (χ3n) is 2.63. The number of hydrogen-bond donors (Lipinski definition) is 0. The van der Waals surface area contributed by atoms with Crippen LogP contribution in [0, 0.1) is 6.92 Å². The first kappa shape index (κ1) is 9.20. The minimum atomic E-state index is 0.558. The molecule has 0 unspecified atom stereocenters. The molecule has 14 heavy (non-hydrogen) atoms. The predicted octanol–water partition coefficient (Wildman–Crippen LogP) is 3.67. The first-order valence-electron chi connectivity index (χ1n) is 5.04. The maximum Gasteiger partial charge on any atom is 0.0733 e. The molecule has 0 bridgehead atoms. The molecule has 1 aromatic carbocycles. The molecule has 0 amide bonds. The van der Waals surface area contributed by atoms with Gasteiger partial charge in [-0.05, 0) is 30.0 Å². The lowest BCUT2D eigenvalue weighted by molar-refractivity contribution is 0.875. The highest BCUT2D eigenvalue weighted by Gasteiger charge is 2.06. The van der Waals surface area contributed by atoms with Crippen LogP contribution in [0.4, 0.5) is 0 Å². The third-order valence-corrected chi connectivity index (χ3v) is 2.63. The second kappa shape index (κ2) is 3.41. The molecule has 2 aromatic rings. The molecule has 2 rings (SSSR count). The maximum absolute atomic E-state index is 4.42. The van der Waals surface area contributed by atoms with Crippen molar-refractivity contribution in [3.63, 3.8) is 0 Å². The van der Waals surface area contributed by atoms with Crippen molar-refractivity contribution in [2.75, 3.05) is 0 Å². The van der Waals surface area contributed by atoms with Gasteiger partial charge in [0, 0.05) is 11.6 Å². The second-order valence-corrected chi connectivity index (χ2v) is 4.03. The van der Waals surface area contributed by atoms with Crippen LogP contribution >= 0.6 is 0 Å². The third kappa shape index (κ3) is 1.39. The van der Waals surface area contributed by atoms with Crippen LogP contribution in [0.3, 0.4) is 0 Å². The molecular formula is C13H15N. The van der Waals surface area contributed by atoms with E-state index in [0.717, 1.165) is 5.52 Å². The zero-order valence-electron chi connectivity index (χ0n) is 8.91. The number of rotatable bonds is 1. The lowest BCUT2D eigenvalue weighted by Gasteiger charge is -2.10. The molecule has 1 heteroatoms. The molecule has 0 spiro atoms. The molecule has 0 N–H and O–H groups in total. The molecule has 1 aromatic heterocycles. The fraction of sp³-hybridized carbons (Fsp3) is 0.308. The zero-order valence-corrected chi connectivity index (χ0v) is 8.91. The largest absolute Gasteiger partial charge is 0.256 e.